The van der Waals surface area contributed by atoms with Gasteiger partial charge in [0.15, 0.2) is 0 Å². The van der Waals surface area contributed by atoms with Crippen LogP contribution in [0.15, 0.2) is 30.9 Å². The Kier molecular flexibility index (Phi) is 3.89. The first-order valence-electron chi connectivity index (χ1n) is 4.70. The summed E-state index contributed by atoms with van der Waals surface area (Å²) in [5.41, 5.74) is -0.109. The lowest BCUT2D eigenvalue weighted by Crippen LogP contribution is -2.22. The molecule has 0 amide bonds. The maximum absolute atomic E-state index is 13.5. The highest BCUT2D eigenvalue weighted by Gasteiger charge is 2.22. The summed E-state index contributed by atoms with van der Waals surface area (Å²) in [4.78, 5) is 0. The van der Waals surface area contributed by atoms with E-state index in [9.17, 15) is 9.50 Å². The Morgan fingerprint density at radius 1 is 1.60 bits per heavy atom. The van der Waals surface area contributed by atoms with E-state index in [1.54, 1.807) is 18.2 Å². The van der Waals surface area contributed by atoms with Crippen LogP contribution in [0.5, 0.6) is 0 Å². The predicted molar refractivity (Wildman–Crippen MR) is 60.5 cm³/mol. The van der Waals surface area contributed by atoms with Gasteiger partial charge in [-0.05, 0) is 18.6 Å². The van der Waals surface area contributed by atoms with Gasteiger partial charge < -0.3 is 5.11 Å². The molecule has 0 saturated carbocycles. The Labute approximate surface area is 94.2 Å². The molecule has 1 aromatic rings. The fourth-order valence-electron chi connectivity index (χ4n) is 1.30. The summed E-state index contributed by atoms with van der Waals surface area (Å²) in [6.07, 6.45) is 1.97. The highest BCUT2D eigenvalue weighted by molar-refractivity contribution is 6.31. The van der Waals surface area contributed by atoms with Gasteiger partial charge in [-0.1, -0.05) is 30.7 Å². The molecule has 0 aliphatic carbocycles. The van der Waals surface area contributed by atoms with Gasteiger partial charge >= 0.3 is 0 Å². The van der Waals surface area contributed by atoms with E-state index in [2.05, 4.69) is 6.58 Å². The molecule has 0 fully saturated rings. The first kappa shape index (κ1) is 12.2. The molecule has 1 atom stereocenters. The summed E-state index contributed by atoms with van der Waals surface area (Å²) in [5.74, 6) is -0.343. The predicted octanol–water partition coefficient (Wildman–Crippen LogP) is 3.21. The molecule has 3 heteroatoms. The zero-order valence-electron chi connectivity index (χ0n) is 8.63. The number of aliphatic hydroxyl groups excluding tert-OH is 1. The van der Waals surface area contributed by atoms with Crippen molar-refractivity contribution in [3.05, 3.63) is 47.3 Å². The zero-order valence-corrected chi connectivity index (χ0v) is 9.39. The molecule has 1 rings (SSSR count). The molecule has 0 spiro atoms. The van der Waals surface area contributed by atoms with Gasteiger partial charge in [-0.2, -0.15) is 0 Å². The molecule has 0 radical (unpaired) electrons. The molecule has 0 bridgehead atoms. The first-order chi connectivity index (χ1) is 7.02. The molecule has 0 saturated heterocycles. The van der Waals surface area contributed by atoms with Crippen LogP contribution in [0.1, 0.15) is 12.5 Å². The number of aliphatic hydroxyl groups is 1. The smallest absolute Gasteiger partial charge is 0.127 e. The summed E-state index contributed by atoms with van der Waals surface area (Å²) in [5, 5.41) is 9.58. The Balaban J connectivity index is 3.03. The van der Waals surface area contributed by atoms with Gasteiger partial charge in [0.25, 0.3) is 0 Å². The second kappa shape index (κ2) is 4.77. The van der Waals surface area contributed by atoms with E-state index >= 15 is 0 Å². The minimum Gasteiger partial charge on any atom is -0.395 e. The minimum atomic E-state index is -0.536. The summed E-state index contributed by atoms with van der Waals surface area (Å²) in [7, 11) is 0. The van der Waals surface area contributed by atoms with Crippen molar-refractivity contribution in [1.82, 2.24) is 0 Å². The number of hydrogen-bond acceptors (Lipinski definition) is 1. The summed E-state index contributed by atoms with van der Waals surface area (Å²) in [6.45, 7) is 5.36. The van der Waals surface area contributed by atoms with Crippen molar-refractivity contribution in [2.75, 3.05) is 6.61 Å². The largest absolute Gasteiger partial charge is 0.395 e. The summed E-state index contributed by atoms with van der Waals surface area (Å²) >= 11 is 5.89. The SMILES string of the molecule is C=CC(C)(CO)Cc1c(F)cccc1Cl. The monoisotopic (exact) mass is 228 g/mol. The molecular formula is C12H14ClFO. The van der Waals surface area contributed by atoms with Crippen LogP contribution in [-0.2, 0) is 6.42 Å². The number of hydrogen-bond donors (Lipinski definition) is 1. The second-order valence-corrected chi connectivity index (χ2v) is 4.30. The van der Waals surface area contributed by atoms with Crippen LogP contribution in [0.3, 0.4) is 0 Å². The van der Waals surface area contributed by atoms with E-state index < -0.39 is 5.41 Å². The third kappa shape index (κ3) is 2.80. The standard InChI is InChI=1S/C12H14ClFO/c1-3-12(2,8-15)7-9-10(13)5-4-6-11(9)14/h3-6,15H,1,7-8H2,2H3. The van der Waals surface area contributed by atoms with Crippen LogP contribution in [0.25, 0.3) is 0 Å². The van der Waals surface area contributed by atoms with Gasteiger partial charge in [0.05, 0.1) is 6.61 Å². The van der Waals surface area contributed by atoms with Gasteiger partial charge in [-0.25, -0.2) is 4.39 Å². The molecule has 0 aliphatic rings. The fourth-order valence-corrected chi connectivity index (χ4v) is 1.53. The lowest BCUT2D eigenvalue weighted by molar-refractivity contribution is 0.183. The molecule has 82 valence electrons. The molecule has 1 unspecified atom stereocenters. The van der Waals surface area contributed by atoms with Crippen LogP contribution >= 0.6 is 11.6 Å². The van der Waals surface area contributed by atoms with Gasteiger partial charge in [0, 0.05) is 16.0 Å². The lowest BCUT2D eigenvalue weighted by Gasteiger charge is -2.23. The molecule has 1 nitrogen and oxygen atoms in total. The van der Waals surface area contributed by atoms with Crippen molar-refractivity contribution in [3.8, 4) is 0 Å². The average molecular weight is 229 g/mol. The Morgan fingerprint density at radius 2 is 2.27 bits per heavy atom. The Morgan fingerprint density at radius 3 is 2.73 bits per heavy atom. The highest BCUT2D eigenvalue weighted by Crippen LogP contribution is 2.29. The van der Waals surface area contributed by atoms with E-state index in [1.807, 2.05) is 6.92 Å². The van der Waals surface area contributed by atoms with Crippen LogP contribution in [-0.4, -0.2) is 11.7 Å². The van der Waals surface area contributed by atoms with Gasteiger partial charge in [-0.3, -0.25) is 0 Å². The van der Waals surface area contributed by atoms with E-state index in [0.29, 0.717) is 17.0 Å². The maximum Gasteiger partial charge on any atom is 0.127 e. The van der Waals surface area contributed by atoms with Crippen LogP contribution in [0.4, 0.5) is 4.39 Å². The molecule has 15 heavy (non-hydrogen) atoms. The van der Waals surface area contributed by atoms with E-state index in [-0.39, 0.29) is 12.4 Å². The quantitative estimate of drug-likeness (QED) is 0.785. The zero-order chi connectivity index (χ0) is 11.5. The van der Waals surface area contributed by atoms with Crippen molar-refractivity contribution >= 4 is 11.6 Å². The fraction of sp³-hybridized carbons (Fsp3) is 0.333. The second-order valence-electron chi connectivity index (χ2n) is 3.89. The molecule has 0 aromatic heterocycles. The van der Waals surface area contributed by atoms with Gasteiger partial charge in [-0.15, -0.1) is 6.58 Å². The summed E-state index contributed by atoms with van der Waals surface area (Å²) < 4.78 is 13.5. The van der Waals surface area contributed by atoms with Gasteiger partial charge in [0.2, 0.25) is 0 Å². The van der Waals surface area contributed by atoms with E-state index in [1.165, 1.54) is 6.07 Å². The van der Waals surface area contributed by atoms with Gasteiger partial charge in [0.1, 0.15) is 5.82 Å². The average Bonchev–Trinajstić information content (AvgIpc) is 2.23. The van der Waals surface area contributed by atoms with Crippen LogP contribution in [0, 0.1) is 11.2 Å². The van der Waals surface area contributed by atoms with Crippen LogP contribution in [0.2, 0.25) is 5.02 Å². The molecule has 0 aliphatic heterocycles. The first-order valence-corrected chi connectivity index (χ1v) is 5.07. The number of rotatable bonds is 4. The van der Waals surface area contributed by atoms with Crippen molar-refractivity contribution < 1.29 is 9.50 Å². The number of halogens is 2. The van der Waals surface area contributed by atoms with E-state index in [0.717, 1.165) is 0 Å². The molecular weight excluding hydrogens is 215 g/mol. The third-order valence-corrected chi connectivity index (χ3v) is 2.85. The Hall–Kier alpha value is -0.860. The normalized spacial score (nSPS) is 14.7. The molecule has 1 N–H and O–H groups in total. The highest BCUT2D eigenvalue weighted by atomic mass is 35.5. The van der Waals surface area contributed by atoms with Crippen molar-refractivity contribution in [1.29, 1.82) is 0 Å². The molecule has 0 heterocycles. The van der Waals surface area contributed by atoms with Crippen molar-refractivity contribution in [3.63, 3.8) is 0 Å². The third-order valence-electron chi connectivity index (χ3n) is 2.50. The minimum absolute atomic E-state index is 0.0822. The number of benzene rings is 1. The topological polar surface area (TPSA) is 20.2 Å². The summed E-state index contributed by atoms with van der Waals surface area (Å²) in [6, 6.07) is 4.56. The van der Waals surface area contributed by atoms with Crippen molar-refractivity contribution in [2.24, 2.45) is 5.41 Å². The molecule has 1 aromatic carbocycles. The lowest BCUT2D eigenvalue weighted by atomic mass is 9.84. The van der Waals surface area contributed by atoms with Crippen LogP contribution < -0.4 is 0 Å². The van der Waals surface area contributed by atoms with Crippen molar-refractivity contribution in [2.45, 2.75) is 13.3 Å². The maximum atomic E-state index is 13.5. The Bertz CT molecular complexity index is 344. The van der Waals surface area contributed by atoms with E-state index in [4.69, 9.17) is 11.6 Å².